The van der Waals surface area contributed by atoms with E-state index < -0.39 is 0 Å². The van der Waals surface area contributed by atoms with E-state index in [4.69, 9.17) is 0 Å². The minimum atomic E-state index is -0.325. The van der Waals surface area contributed by atoms with Crippen molar-refractivity contribution in [2.24, 2.45) is 4.99 Å². The third-order valence-corrected chi connectivity index (χ3v) is 3.20. The summed E-state index contributed by atoms with van der Waals surface area (Å²) >= 11 is 0. The molecule has 0 radical (unpaired) electrons. The number of pyridine rings is 1. The van der Waals surface area contributed by atoms with E-state index in [1.165, 1.54) is 4.57 Å². The van der Waals surface area contributed by atoms with Crippen molar-refractivity contribution in [2.45, 2.75) is 19.9 Å². The lowest BCUT2D eigenvalue weighted by molar-refractivity contribution is 0.395. The molecule has 3 heterocycles. The summed E-state index contributed by atoms with van der Waals surface area (Å²) in [6, 6.07) is 1.74. The predicted octanol–water partition coefficient (Wildman–Crippen LogP) is 2.11. The van der Waals surface area contributed by atoms with Gasteiger partial charge in [-0.25, -0.2) is 4.79 Å². The van der Waals surface area contributed by atoms with Crippen molar-refractivity contribution in [3.05, 3.63) is 40.2 Å². The molecule has 0 saturated heterocycles. The predicted molar refractivity (Wildman–Crippen MR) is 77.4 cm³/mol. The number of imidazole rings is 1. The molecule has 0 spiro atoms. The second kappa shape index (κ2) is 4.48. The van der Waals surface area contributed by atoms with Crippen LogP contribution in [0.3, 0.4) is 0 Å². The molecule has 1 aliphatic rings. The number of aliphatic imine (C=N–C) groups is 1. The molecule has 2 aromatic rings. The van der Waals surface area contributed by atoms with Crippen molar-refractivity contribution in [1.82, 2.24) is 14.5 Å². The van der Waals surface area contributed by atoms with Crippen LogP contribution >= 0.6 is 0 Å². The summed E-state index contributed by atoms with van der Waals surface area (Å²) in [5.41, 5.74) is 2.60. The summed E-state index contributed by atoms with van der Waals surface area (Å²) in [6.45, 7) is 3.67. The SMILES string of the molecule is CC(C)n1c(O)c(C=C2C=Nc3cnccc32)[nH]c1=O. The second-order valence-corrected chi connectivity index (χ2v) is 4.88. The molecule has 1 aliphatic heterocycles. The van der Waals surface area contributed by atoms with Crippen LogP contribution < -0.4 is 5.69 Å². The lowest BCUT2D eigenvalue weighted by Crippen LogP contribution is -2.18. The van der Waals surface area contributed by atoms with Crippen molar-refractivity contribution < 1.29 is 5.11 Å². The standard InChI is InChI=1S/C14H14N4O2/c1-8(2)18-13(19)11(17-14(18)20)5-9-6-16-12-7-15-4-3-10(9)12/h3-8,19H,1-2H3,(H,17,20). The van der Waals surface area contributed by atoms with E-state index in [0.29, 0.717) is 5.69 Å². The van der Waals surface area contributed by atoms with E-state index in [2.05, 4.69) is 15.0 Å². The Morgan fingerprint density at radius 3 is 2.95 bits per heavy atom. The number of nitrogens with zero attached hydrogens (tertiary/aromatic N) is 3. The molecule has 0 fully saturated rings. The third kappa shape index (κ3) is 1.85. The average Bonchev–Trinajstić information content (AvgIpc) is 2.93. The monoisotopic (exact) mass is 270 g/mol. The molecule has 2 aromatic heterocycles. The van der Waals surface area contributed by atoms with Gasteiger partial charge < -0.3 is 10.1 Å². The van der Waals surface area contributed by atoms with Crippen molar-refractivity contribution >= 4 is 23.6 Å². The summed E-state index contributed by atoms with van der Waals surface area (Å²) in [6.07, 6.45) is 6.76. The van der Waals surface area contributed by atoms with Crippen LogP contribution in [-0.2, 0) is 0 Å². The van der Waals surface area contributed by atoms with Gasteiger partial charge in [0.1, 0.15) is 5.69 Å². The van der Waals surface area contributed by atoms with Crippen molar-refractivity contribution in [2.75, 3.05) is 0 Å². The summed E-state index contributed by atoms with van der Waals surface area (Å²) in [7, 11) is 0. The molecule has 0 unspecified atom stereocenters. The molecular weight excluding hydrogens is 256 g/mol. The van der Waals surface area contributed by atoms with Gasteiger partial charge in [-0.05, 0) is 26.0 Å². The lowest BCUT2D eigenvalue weighted by Gasteiger charge is -2.05. The van der Waals surface area contributed by atoms with E-state index in [1.807, 2.05) is 19.9 Å². The molecule has 0 amide bonds. The molecule has 3 rings (SSSR count). The maximum atomic E-state index is 11.8. The van der Waals surface area contributed by atoms with E-state index in [-0.39, 0.29) is 17.6 Å². The van der Waals surface area contributed by atoms with Gasteiger partial charge in [0.05, 0.1) is 11.9 Å². The lowest BCUT2D eigenvalue weighted by atomic mass is 10.1. The Morgan fingerprint density at radius 2 is 2.25 bits per heavy atom. The Hall–Kier alpha value is -2.63. The van der Waals surface area contributed by atoms with E-state index >= 15 is 0 Å². The molecule has 0 saturated carbocycles. The fraction of sp³-hybridized carbons (Fsp3) is 0.214. The number of nitrogens with one attached hydrogen (secondary N) is 1. The number of hydrogen-bond acceptors (Lipinski definition) is 4. The number of hydrogen-bond donors (Lipinski definition) is 2. The number of fused-ring (bicyclic) bond motifs is 1. The van der Waals surface area contributed by atoms with Crippen LogP contribution in [0.1, 0.15) is 31.1 Å². The number of H-pyrrole nitrogens is 1. The average molecular weight is 270 g/mol. The van der Waals surface area contributed by atoms with Gasteiger partial charge >= 0.3 is 5.69 Å². The quantitative estimate of drug-likeness (QED) is 0.876. The molecule has 0 atom stereocenters. The first-order chi connectivity index (χ1) is 9.58. The molecule has 6 heteroatoms. The maximum Gasteiger partial charge on any atom is 0.329 e. The summed E-state index contributed by atoms with van der Waals surface area (Å²) < 4.78 is 1.31. The number of aromatic amines is 1. The molecule has 2 N–H and O–H groups in total. The highest BCUT2D eigenvalue weighted by molar-refractivity contribution is 6.21. The Kier molecular flexibility index (Phi) is 2.78. The molecule has 0 aromatic carbocycles. The van der Waals surface area contributed by atoms with Gasteiger partial charge in [0, 0.05) is 29.6 Å². The molecular formula is C14H14N4O2. The highest BCUT2D eigenvalue weighted by Crippen LogP contribution is 2.32. The van der Waals surface area contributed by atoms with Crippen LogP contribution in [0.25, 0.3) is 11.6 Å². The minimum absolute atomic E-state index is 0.0617. The zero-order valence-electron chi connectivity index (χ0n) is 11.2. The first-order valence-electron chi connectivity index (χ1n) is 6.31. The van der Waals surface area contributed by atoms with Crippen molar-refractivity contribution in [3.8, 4) is 5.88 Å². The number of aromatic hydroxyl groups is 1. The van der Waals surface area contributed by atoms with Gasteiger partial charge in [0.25, 0.3) is 0 Å². The molecule has 0 aliphatic carbocycles. The largest absolute Gasteiger partial charge is 0.493 e. The first kappa shape index (κ1) is 12.4. The van der Waals surface area contributed by atoms with Gasteiger partial charge in [0.2, 0.25) is 5.88 Å². The molecule has 102 valence electrons. The topological polar surface area (TPSA) is 83.3 Å². The third-order valence-electron chi connectivity index (χ3n) is 3.20. The fourth-order valence-electron chi connectivity index (χ4n) is 2.25. The summed E-state index contributed by atoms with van der Waals surface area (Å²) in [5.74, 6) is -0.0617. The second-order valence-electron chi connectivity index (χ2n) is 4.88. The Bertz CT molecular complexity index is 781. The number of aromatic nitrogens is 3. The zero-order chi connectivity index (χ0) is 14.3. The number of allylic oxidation sites excluding steroid dienone is 1. The first-order valence-corrected chi connectivity index (χ1v) is 6.31. The highest BCUT2D eigenvalue weighted by Gasteiger charge is 2.17. The maximum absolute atomic E-state index is 11.8. The van der Waals surface area contributed by atoms with Crippen LogP contribution in [0, 0.1) is 0 Å². The van der Waals surface area contributed by atoms with Gasteiger partial charge in [-0.2, -0.15) is 0 Å². The van der Waals surface area contributed by atoms with Gasteiger partial charge in [-0.3, -0.25) is 14.5 Å². The Morgan fingerprint density at radius 1 is 1.45 bits per heavy atom. The molecule has 6 nitrogen and oxygen atoms in total. The summed E-state index contributed by atoms with van der Waals surface area (Å²) in [5, 5.41) is 10.1. The van der Waals surface area contributed by atoms with E-state index in [0.717, 1.165) is 16.8 Å². The highest BCUT2D eigenvalue weighted by atomic mass is 16.3. The van der Waals surface area contributed by atoms with Gasteiger partial charge in [0.15, 0.2) is 0 Å². The van der Waals surface area contributed by atoms with E-state index in [9.17, 15) is 9.90 Å². The van der Waals surface area contributed by atoms with Crippen LogP contribution in [0.2, 0.25) is 0 Å². The van der Waals surface area contributed by atoms with Crippen LogP contribution in [-0.4, -0.2) is 25.9 Å². The Labute approximate surface area is 115 Å². The Balaban J connectivity index is 2.10. The smallest absolute Gasteiger partial charge is 0.329 e. The zero-order valence-corrected chi connectivity index (χ0v) is 11.2. The van der Waals surface area contributed by atoms with Gasteiger partial charge in [-0.15, -0.1) is 0 Å². The van der Waals surface area contributed by atoms with Gasteiger partial charge in [-0.1, -0.05) is 0 Å². The van der Waals surface area contributed by atoms with Crippen molar-refractivity contribution in [1.29, 1.82) is 0 Å². The fourth-order valence-corrected chi connectivity index (χ4v) is 2.25. The minimum Gasteiger partial charge on any atom is -0.493 e. The van der Waals surface area contributed by atoms with Crippen LogP contribution in [0.15, 0.2) is 28.2 Å². The van der Waals surface area contributed by atoms with Crippen LogP contribution in [0.5, 0.6) is 5.88 Å². The normalized spacial score (nSPS) is 15.2. The number of rotatable bonds is 2. The molecule has 20 heavy (non-hydrogen) atoms. The van der Waals surface area contributed by atoms with Crippen molar-refractivity contribution in [3.63, 3.8) is 0 Å². The molecule has 0 bridgehead atoms. The van der Waals surface area contributed by atoms with E-state index in [1.54, 1.807) is 24.7 Å². The van der Waals surface area contributed by atoms with Crippen LogP contribution in [0.4, 0.5) is 5.69 Å². The summed E-state index contributed by atoms with van der Waals surface area (Å²) in [4.78, 5) is 22.7.